The van der Waals surface area contributed by atoms with Gasteiger partial charge in [0.05, 0.1) is 0 Å². The normalized spacial score (nSPS) is 13.1. The number of allylic oxidation sites excluding steroid dienone is 1. The molecule has 0 atom stereocenters. The Morgan fingerprint density at radius 3 is 2.80 bits per heavy atom. The molecule has 0 saturated carbocycles. The van der Waals surface area contributed by atoms with E-state index >= 15 is 0 Å². The van der Waals surface area contributed by atoms with Gasteiger partial charge >= 0.3 is 0 Å². The van der Waals surface area contributed by atoms with Crippen molar-refractivity contribution in [3.63, 3.8) is 0 Å². The highest BCUT2D eigenvalue weighted by Gasteiger charge is 2.15. The molecule has 80 valence electrons. The lowest BCUT2D eigenvalue weighted by Gasteiger charge is -2.22. The third-order valence-corrected chi connectivity index (χ3v) is 3.37. The Kier molecular flexibility index (Phi) is 3.60. The molecule has 0 radical (unpaired) electrons. The van der Waals surface area contributed by atoms with Crippen molar-refractivity contribution in [3.8, 4) is 0 Å². The second-order valence-electron chi connectivity index (χ2n) is 4.44. The number of hydrogen-bond donors (Lipinski definition) is 0. The van der Waals surface area contributed by atoms with Crippen molar-refractivity contribution in [1.29, 1.82) is 0 Å². The molecule has 0 saturated heterocycles. The van der Waals surface area contributed by atoms with E-state index < -0.39 is 0 Å². The van der Waals surface area contributed by atoms with Crippen LogP contribution >= 0.6 is 0 Å². The lowest BCUT2D eigenvalue weighted by Crippen LogP contribution is -2.11. The summed E-state index contributed by atoms with van der Waals surface area (Å²) in [6, 6.07) is 6.81. The van der Waals surface area contributed by atoms with Crippen LogP contribution in [0.4, 0.5) is 0 Å². The molecule has 1 aromatic carbocycles. The van der Waals surface area contributed by atoms with Crippen LogP contribution in [0.1, 0.15) is 42.4 Å². The van der Waals surface area contributed by atoms with Crippen LogP contribution in [0.25, 0.3) is 0 Å². The predicted octanol–water partition coefficient (Wildman–Crippen LogP) is 4.07. The van der Waals surface area contributed by atoms with E-state index in [0.29, 0.717) is 0 Å². The molecule has 0 aliphatic heterocycles. The lowest BCUT2D eigenvalue weighted by atomic mass is 9.83. The number of hydrogen-bond acceptors (Lipinski definition) is 0. The van der Waals surface area contributed by atoms with E-state index in [0.717, 1.165) is 0 Å². The molecule has 0 spiro atoms. The van der Waals surface area contributed by atoms with E-state index in [1.165, 1.54) is 44.9 Å². The number of rotatable bonds is 6. The minimum atomic E-state index is 1.17. The zero-order valence-corrected chi connectivity index (χ0v) is 9.47. The van der Waals surface area contributed by atoms with Gasteiger partial charge in [-0.2, -0.15) is 0 Å². The fourth-order valence-corrected chi connectivity index (χ4v) is 2.34. The first-order valence-corrected chi connectivity index (χ1v) is 6.12. The van der Waals surface area contributed by atoms with E-state index in [4.69, 9.17) is 0 Å². The van der Waals surface area contributed by atoms with E-state index in [1.54, 1.807) is 16.7 Å². The van der Waals surface area contributed by atoms with Crippen molar-refractivity contribution in [2.45, 2.75) is 44.9 Å². The molecular weight excluding hydrogens is 180 g/mol. The lowest BCUT2D eigenvalue weighted by molar-refractivity contribution is 0.677. The van der Waals surface area contributed by atoms with Crippen LogP contribution in [-0.4, -0.2) is 0 Å². The van der Waals surface area contributed by atoms with Gasteiger partial charge in [-0.05, 0) is 55.2 Å². The summed E-state index contributed by atoms with van der Waals surface area (Å²) in [5, 5.41) is 0. The Bertz CT molecular complexity index is 336. The van der Waals surface area contributed by atoms with Crippen LogP contribution in [0.5, 0.6) is 0 Å². The van der Waals surface area contributed by atoms with Gasteiger partial charge in [-0.3, -0.25) is 0 Å². The Labute approximate surface area is 93.0 Å². The monoisotopic (exact) mass is 200 g/mol. The van der Waals surface area contributed by atoms with Gasteiger partial charge in [0.15, 0.2) is 0 Å². The highest BCUT2D eigenvalue weighted by atomic mass is 14.2. The largest absolute Gasteiger partial charge is 0.103 e. The third kappa shape index (κ3) is 2.50. The molecule has 0 N–H and O–H groups in total. The summed E-state index contributed by atoms with van der Waals surface area (Å²) in [5.41, 5.74) is 4.86. The maximum atomic E-state index is 3.75. The van der Waals surface area contributed by atoms with Gasteiger partial charge < -0.3 is 0 Å². The van der Waals surface area contributed by atoms with Crippen molar-refractivity contribution >= 4 is 0 Å². The Balaban J connectivity index is 1.79. The van der Waals surface area contributed by atoms with E-state index in [2.05, 4.69) is 24.8 Å². The molecule has 1 aliphatic carbocycles. The van der Waals surface area contributed by atoms with Crippen LogP contribution in [0, 0.1) is 0 Å². The molecule has 2 rings (SSSR count). The molecule has 0 unspecified atom stereocenters. The van der Waals surface area contributed by atoms with Gasteiger partial charge in [0.2, 0.25) is 0 Å². The van der Waals surface area contributed by atoms with Gasteiger partial charge in [0.1, 0.15) is 0 Å². The molecule has 0 heteroatoms. The van der Waals surface area contributed by atoms with Crippen molar-refractivity contribution < 1.29 is 0 Å². The second-order valence-corrected chi connectivity index (χ2v) is 4.44. The van der Waals surface area contributed by atoms with Crippen molar-refractivity contribution in [2.75, 3.05) is 0 Å². The van der Waals surface area contributed by atoms with Crippen molar-refractivity contribution in [1.82, 2.24) is 0 Å². The summed E-state index contributed by atoms with van der Waals surface area (Å²) >= 11 is 0. The van der Waals surface area contributed by atoms with Gasteiger partial charge in [-0.15, -0.1) is 6.58 Å². The third-order valence-electron chi connectivity index (χ3n) is 3.37. The van der Waals surface area contributed by atoms with Crippen LogP contribution in [0.15, 0.2) is 30.9 Å². The van der Waals surface area contributed by atoms with E-state index in [1.807, 2.05) is 6.08 Å². The molecular formula is C15H20. The molecule has 0 bridgehead atoms. The summed E-state index contributed by atoms with van der Waals surface area (Å²) in [5.74, 6) is 0. The number of aryl methyl sites for hydroxylation is 2. The smallest absolute Gasteiger partial charge is 0.0233 e. The van der Waals surface area contributed by atoms with E-state index in [9.17, 15) is 0 Å². The number of benzene rings is 1. The molecule has 1 aliphatic rings. The SMILES string of the molecule is C=CCCCCCc1cccc2c1CC2. The minimum absolute atomic E-state index is 1.17. The molecule has 0 nitrogen and oxygen atoms in total. The van der Waals surface area contributed by atoms with Gasteiger partial charge in [0.25, 0.3) is 0 Å². The maximum Gasteiger partial charge on any atom is -0.0233 e. The summed E-state index contributed by atoms with van der Waals surface area (Å²) in [7, 11) is 0. The van der Waals surface area contributed by atoms with Crippen LogP contribution in [0.2, 0.25) is 0 Å². The topological polar surface area (TPSA) is 0 Å². The average molecular weight is 200 g/mol. The Morgan fingerprint density at radius 2 is 2.07 bits per heavy atom. The first-order valence-electron chi connectivity index (χ1n) is 6.12. The Morgan fingerprint density at radius 1 is 1.13 bits per heavy atom. The van der Waals surface area contributed by atoms with Crippen LogP contribution in [0.3, 0.4) is 0 Å². The van der Waals surface area contributed by atoms with Crippen molar-refractivity contribution in [3.05, 3.63) is 47.5 Å². The van der Waals surface area contributed by atoms with Crippen LogP contribution in [-0.2, 0) is 19.3 Å². The van der Waals surface area contributed by atoms with E-state index in [-0.39, 0.29) is 0 Å². The quantitative estimate of drug-likeness (QED) is 0.479. The summed E-state index contributed by atoms with van der Waals surface area (Å²) in [6.45, 7) is 3.75. The fraction of sp³-hybridized carbons (Fsp3) is 0.467. The summed E-state index contributed by atoms with van der Waals surface area (Å²) in [4.78, 5) is 0. The minimum Gasteiger partial charge on any atom is -0.103 e. The van der Waals surface area contributed by atoms with Crippen LogP contribution < -0.4 is 0 Å². The first kappa shape index (κ1) is 10.5. The van der Waals surface area contributed by atoms with Crippen molar-refractivity contribution in [2.24, 2.45) is 0 Å². The summed E-state index contributed by atoms with van der Waals surface area (Å²) < 4.78 is 0. The highest BCUT2D eigenvalue weighted by Crippen LogP contribution is 2.27. The summed E-state index contributed by atoms with van der Waals surface area (Å²) in [6.07, 6.45) is 11.1. The molecule has 0 amide bonds. The maximum absolute atomic E-state index is 3.75. The fourth-order valence-electron chi connectivity index (χ4n) is 2.34. The average Bonchev–Trinajstić information content (AvgIpc) is 2.20. The Hall–Kier alpha value is -1.04. The highest BCUT2D eigenvalue weighted by molar-refractivity contribution is 5.41. The zero-order valence-electron chi connectivity index (χ0n) is 9.47. The number of unbranched alkanes of at least 4 members (excludes halogenated alkanes) is 3. The van der Waals surface area contributed by atoms with Gasteiger partial charge in [-0.25, -0.2) is 0 Å². The molecule has 0 fully saturated rings. The predicted molar refractivity (Wildman–Crippen MR) is 66.2 cm³/mol. The first-order chi connectivity index (χ1) is 7.42. The molecule has 0 heterocycles. The molecule has 1 aromatic rings. The molecule has 0 aromatic heterocycles. The second kappa shape index (κ2) is 5.16. The standard InChI is InChI=1S/C15H20/c1-2-3-4-5-6-8-13-9-7-10-14-11-12-15(13)14/h2,7,9-10H,1,3-6,8,11-12H2. The van der Waals surface area contributed by atoms with Gasteiger partial charge in [0, 0.05) is 0 Å². The molecule has 15 heavy (non-hydrogen) atoms. The number of fused-ring (bicyclic) bond motifs is 1. The zero-order chi connectivity index (χ0) is 10.5. The van der Waals surface area contributed by atoms with Gasteiger partial charge in [-0.1, -0.05) is 30.7 Å².